The summed E-state index contributed by atoms with van der Waals surface area (Å²) in [7, 11) is -0.103. The van der Waals surface area contributed by atoms with E-state index in [1.165, 1.54) is 29.2 Å². The Morgan fingerprint density at radius 1 is 0.958 bits per heavy atom. The van der Waals surface area contributed by atoms with E-state index in [-0.39, 0.29) is 16.4 Å². The highest BCUT2D eigenvalue weighted by Crippen LogP contribution is 2.16. The SMILES string of the molecule is CN(C)C(=O)c1cccc(NC(=O)c2cccc(S(C)(=O)=O)c2)c1. The van der Waals surface area contributed by atoms with Crippen molar-refractivity contribution < 1.29 is 18.0 Å². The molecule has 2 aromatic rings. The van der Waals surface area contributed by atoms with Gasteiger partial charge in [-0.25, -0.2) is 8.42 Å². The van der Waals surface area contributed by atoms with Crippen LogP contribution >= 0.6 is 0 Å². The van der Waals surface area contributed by atoms with Crippen LogP contribution < -0.4 is 5.32 Å². The number of rotatable bonds is 4. The molecule has 126 valence electrons. The monoisotopic (exact) mass is 346 g/mol. The van der Waals surface area contributed by atoms with Gasteiger partial charge in [-0.2, -0.15) is 0 Å². The number of anilines is 1. The third-order valence-corrected chi connectivity index (χ3v) is 4.41. The summed E-state index contributed by atoms with van der Waals surface area (Å²) in [6.45, 7) is 0. The minimum Gasteiger partial charge on any atom is -0.345 e. The molecule has 0 radical (unpaired) electrons. The molecule has 0 saturated heterocycles. The molecule has 0 saturated carbocycles. The fourth-order valence-electron chi connectivity index (χ4n) is 2.06. The molecule has 1 N–H and O–H groups in total. The van der Waals surface area contributed by atoms with Crippen LogP contribution in [-0.2, 0) is 9.84 Å². The standard InChI is InChI=1S/C17H18N2O4S/c1-19(2)17(21)13-7-4-8-14(10-13)18-16(20)12-6-5-9-15(11-12)24(3,22)23/h4-11H,1-3H3,(H,18,20). The molecule has 6 nitrogen and oxygen atoms in total. The van der Waals surface area contributed by atoms with Crippen LogP contribution in [0.4, 0.5) is 5.69 Å². The minimum atomic E-state index is -3.39. The summed E-state index contributed by atoms with van der Waals surface area (Å²) in [5, 5.41) is 2.67. The van der Waals surface area contributed by atoms with Crippen LogP contribution in [0.5, 0.6) is 0 Å². The van der Waals surface area contributed by atoms with Gasteiger partial charge in [-0.15, -0.1) is 0 Å². The zero-order valence-electron chi connectivity index (χ0n) is 13.6. The molecular weight excluding hydrogens is 328 g/mol. The van der Waals surface area contributed by atoms with Gasteiger partial charge in [0.05, 0.1) is 4.90 Å². The number of benzene rings is 2. The van der Waals surface area contributed by atoms with Crippen LogP contribution in [0.2, 0.25) is 0 Å². The highest BCUT2D eigenvalue weighted by molar-refractivity contribution is 7.90. The topological polar surface area (TPSA) is 83.6 Å². The Hall–Kier alpha value is -2.67. The average molecular weight is 346 g/mol. The van der Waals surface area contributed by atoms with Gasteiger partial charge in [-0.1, -0.05) is 12.1 Å². The van der Waals surface area contributed by atoms with Crippen LogP contribution in [0, 0.1) is 0 Å². The van der Waals surface area contributed by atoms with Gasteiger partial charge in [0.1, 0.15) is 0 Å². The lowest BCUT2D eigenvalue weighted by molar-refractivity contribution is 0.0827. The second-order valence-electron chi connectivity index (χ2n) is 5.53. The summed E-state index contributed by atoms with van der Waals surface area (Å²) in [5.74, 6) is -0.625. The van der Waals surface area contributed by atoms with Crippen LogP contribution in [0.15, 0.2) is 53.4 Å². The van der Waals surface area contributed by atoms with Gasteiger partial charge in [-0.3, -0.25) is 9.59 Å². The molecule has 7 heteroatoms. The summed E-state index contributed by atoms with van der Waals surface area (Å²) in [5.41, 5.74) is 1.13. The van der Waals surface area contributed by atoms with Crippen molar-refractivity contribution in [3.63, 3.8) is 0 Å². The van der Waals surface area contributed by atoms with Gasteiger partial charge in [-0.05, 0) is 36.4 Å². The van der Waals surface area contributed by atoms with Crippen molar-refractivity contribution in [2.24, 2.45) is 0 Å². The number of amides is 2. The number of sulfone groups is 1. The number of nitrogens with zero attached hydrogens (tertiary/aromatic N) is 1. The molecular formula is C17H18N2O4S. The fourth-order valence-corrected chi connectivity index (χ4v) is 2.73. The van der Waals surface area contributed by atoms with E-state index in [1.54, 1.807) is 38.4 Å². The molecule has 0 heterocycles. The summed E-state index contributed by atoms with van der Waals surface area (Å²) in [6.07, 6.45) is 1.08. The first-order valence-electron chi connectivity index (χ1n) is 7.11. The summed E-state index contributed by atoms with van der Waals surface area (Å²) in [4.78, 5) is 25.8. The third-order valence-electron chi connectivity index (χ3n) is 3.30. The zero-order chi connectivity index (χ0) is 17.9. The Labute approximate surface area is 141 Å². The van der Waals surface area contributed by atoms with Gasteiger partial charge in [0.25, 0.3) is 11.8 Å². The van der Waals surface area contributed by atoms with Crippen LogP contribution in [0.25, 0.3) is 0 Å². The molecule has 0 fully saturated rings. The second kappa shape index (κ2) is 6.84. The van der Waals surface area contributed by atoms with E-state index in [4.69, 9.17) is 0 Å². The van der Waals surface area contributed by atoms with Crippen molar-refractivity contribution in [3.8, 4) is 0 Å². The van der Waals surface area contributed by atoms with Crippen LogP contribution in [-0.4, -0.2) is 45.5 Å². The zero-order valence-corrected chi connectivity index (χ0v) is 14.4. The molecule has 0 aliphatic heterocycles. The minimum absolute atomic E-state index is 0.0756. The smallest absolute Gasteiger partial charge is 0.255 e. The normalized spacial score (nSPS) is 11.0. The van der Waals surface area contributed by atoms with Gasteiger partial charge < -0.3 is 10.2 Å². The summed E-state index contributed by atoms with van der Waals surface area (Å²) < 4.78 is 23.2. The number of hydrogen-bond acceptors (Lipinski definition) is 4. The first kappa shape index (κ1) is 17.7. The van der Waals surface area contributed by atoms with Gasteiger partial charge in [0, 0.05) is 37.2 Å². The van der Waals surface area contributed by atoms with E-state index < -0.39 is 15.7 Å². The molecule has 0 unspecified atom stereocenters. The first-order valence-corrected chi connectivity index (χ1v) is 9.01. The van der Waals surface area contributed by atoms with Crippen molar-refractivity contribution in [2.45, 2.75) is 4.90 Å². The average Bonchev–Trinajstić information content (AvgIpc) is 2.53. The van der Waals surface area contributed by atoms with Gasteiger partial charge in [0.2, 0.25) is 0 Å². The Bertz CT molecular complexity index is 889. The number of nitrogens with one attached hydrogen (secondary N) is 1. The Morgan fingerprint density at radius 2 is 1.58 bits per heavy atom. The van der Waals surface area contributed by atoms with Gasteiger partial charge >= 0.3 is 0 Å². The molecule has 0 spiro atoms. The summed E-state index contributed by atoms with van der Waals surface area (Å²) in [6, 6.07) is 12.3. The molecule has 0 aliphatic carbocycles. The highest BCUT2D eigenvalue weighted by Gasteiger charge is 2.13. The summed E-state index contributed by atoms with van der Waals surface area (Å²) >= 11 is 0. The van der Waals surface area contributed by atoms with E-state index in [0.717, 1.165) is 6.26 Å². The van der Waals surface area contributed by atoms with Crippen molar-refractivity contribution in [2.75, 3.05) is 25.7 Å². The Morgan fingerprint density at radius 3 is 2.21 bits per heavy atom. The third kappa shape index (κ3) is 4.20. The molecule has 0 aromatic heterocycles. The largest absolute Gasteiger partial charge is 0.345 e. The van der Waals surface area contributed by atoms with Crippen molar-refractivity contribution in [3.05, 3.63) is 59.7 Å². The van der Waals surface area contributed by atoms with Crippen molar-refractivity contribution in [1.82, 2.24) is 4.90 Å². The van der Waals surface area contributed by atoms with Crippen LogP contribution in [0.1, 0.15) is 20.7 Å². The van der Waals surface area contributed by atoms with Crippen molar-refractivity contribution in [1.29, 1.82) is 0 Å². The van der Waals surface area contributed by atoms with E-state index in [0.29, 0.717) is 11.3 Å². The maximum absolute atomic E-state index is 12.3. The molecule has 0 aliphatic rings. The van der Waals surface area contributed by atoms with Crippen LogP contribution in [0.3, 0.4) is 0 Å². The van der Waals surface area contributed by atoms with E-state index >= 15 is 0 Å². The highest BCUT2D eigenvalue weighted by atomic mass is 32.2. The lowest BCUT2D eigenvalue weighted by Gasteiger charge is -2.12. The molecule has 2 amide bonds. The molecule has 0 atom stereocenters. The lowest BCUT2D eigenvalue weighted by atomic mass is 10.1. The van der Waals surface area contributed by atoms with E-state index in [1.807, 2.05) is 0 Å². The fraction of sp³-hybridized carbons (Fsp3) is 0.176. The molecule has 2 rings (SSSR count). The number of carbonyl (C=O) groups is 2. The van der Waals surface area contributed by atoms with Gasteiger partial charge in [0.15, 0.2) is 9.84 Å². The maximum atomic E-state index is 12.3. The first-order chi connectivity index (χ1) is 11.2. The van der Waals surface area contributed by atoms with E-state index in [9.17, 15) is 18.0 Å². The molecule has 2 aromatic carbocycles. The second-order valence-corrected chi connectivity index (χ2v) is 7.55. The van der Waals surface area contributed by atoms with E-state index in [2.05, 4.69) is 5.32 Å². The van der Waals surface area contributed by atoms with Crippen molar-refractivity contribution >= 4 is 27.3 Å². The molecule has 24 heavy (non-hydrogen) atoms. The number of hydrogen-bond donors (Lipinski definition) is 1. The lowest BCUT2D eigenvalue weighted by Crippen LogP contribution is -2.22. The predicted molar refractivity (Wildman–Crippen MR) is 92.0 cm³/mol. The Kier molecular flexibility index (Phi) is 5.04. The number of carbonyl (C=O) groups excluding carboxylic acids is 2. The quantitative estimate of drug-likeness (QED) is 0.918. The molecule has 0 bridgehead atoms. The predicted octanol–water partition coefficient (Wildman–Crippen LogP) is 2.04. The Balaban J connectivity index is 2.25. The maximum Gasteiger partial charge on any atom is 0.255 e.